The van der Waals surface area contributed by atoms with Crippen molar-refractivity contribution >= 4 is 0 Å². The monoisotopic (exact) mass is 213 g/mol. The molecule has 0 aliphatic carbocycles. The van der Waals surface area contributed by atoms with E-state index in [1.165, 1.54) is 38.5 Å². The molecular weight excluding hydrogens is 184 g/mol. The van der Waals surface area contributed by atoms with Gasteiger partial charge in [0.05, 0.1) is 6.10 Å². The van der Waals surface area contributed by atoms with E-state index in [-0.39, 0.29) is 0 Å². The summed E-state index contributed by atoms with van der Waals surface area (Å²) < 4.78 is 5.80. The summed E-state index contributed by atoms with van der Waals surface area (Å²) in [6, 6.07) is 0. The topological polar surface area (TPSA) is 9.23 Å². The molecule has 1 unspecified atom stereocenters. The second-order valence-electron chi connectivity index (χ2n) is 4.84. The zero-order valence-corrected chi connectivity index (χ0v) is 10.9. The zero-order valence-electron chi connectivity index (χ0n) is 10.9. The van der Waals surface area contributed by atoms with Crippen LogP contribution in [0.4, 0.5) is 0 Å². The third kappa shape index (κ3) is 10.2. The van der Waals surface area contributed by atoms with E-state index in [9.17, 15) is 0 Å². The zero-order chi connectivity index (χ0) is 11.5. The quantitative estimate of drug-likeness (QED) is 0.481. The first kappa shape index (κ1) is 15.0. The van der Waals surface area contributed by atoms with Crippen LogP contribution in [0.3, 0.4) is 0 Å². The molecule has 1 atom stereocenters. The Morgan fingerprint density at radius 1 is 1.07 bits per heavy atom. The van der Waals surface area contributed by atoms with Crippen LogP contribution in [-0.4, -0.2) is 12.7 Å². The lowest BCUT2D eigenvalue weighted by molar-refractivity contribution is 0.0306. The molecule has 15 heavy (non-hydrogen) atoms. The van der Waals surface area contributed by atoms with Gasteiger partial charge in [0, 0.05) is 6.61 Å². The van der Waals surface area contributed by atoms with E-state index in [0.29, 0.717) is 12.0 Å². The summed E-state index contributed by atoms with van der Waals surface area (Å²) in [6.45, 7) is 11.5. The molecule has 0 bridgehead atoms. The molecule has 1 heteroatoms. The predicted molar refractivity (Wildman–Crippen MR) is 67.9 cm³/mol. The molecule has 0 aromatic heterocycles. The molecule has 0 amide bonds. The van der Waals surface area contributed by atoms with Crippen molar-refractivity contribution in [2.75, 3.05) is 6.61 Å². The van der Waals surface area contributed by atoms with Crippen molar-refractivity contribution in [3.8, 4) is 0 Å². The Bertz CT molecular complexity index is 121. The number of unbranched alkanes of at least 4 members (excludes halogenated alkanes) is 4. The standard InChI is InChI=1S/C14H29O/c1-5-7-8-9-10-11-14(6-2)15-12-13(3)4/h13-14H,2,5-12H2,1,3-4H3. The minimum absolute atomic E-state index is 0.397. The summed E-state index contributed by atoms with van der Waals surface area (Å²) >= 11 is 0. The Hall–Kier alpha value is -0.0400. The highest BCUT2D eigenvalue weighted by Crippen LogP contribution is 2.12. The number of rotatable bonds is 10. The van der Waals surface area contributed by atoms with Gasteiger partial charge < -0.3 is 4.74 Å². The molecule has 0 heterocycles. The highest BCUT2D eigenvalue weighted by atomic mass is 16.5. The Kier molecular flexibility index (Phi) is 10.4. The molecule has 0 N–H and O–H groups in total. The molecule has 0 aromatic rings. The van der Waals surface area contributed by atoms with E-state index in [1.807, 2.05) is 0 Å². The molecular formula is C14H29O. The van der Waals surface area contributed by atoms with Gasteiger partial charge in [0.25, 0.3) is 0 Å². The third-order valence-electron chi connectivity index (χ3n) is 2.62. The van der Waals surface area contributed by atoms with Crippen LogP contribution in [0.5, 0.6) is 0 Å². The van der Waals surface area contributed by atoms with Crippen LogP contribution in [0, 0.1) is 12.8 Å². The summed E-state index contributed by atoms with van der Waals surface area (Å²) in [5, 5.41) is 0. The van der Waals surface area contributed by atoms with Gasteiger partial charge in [-0.15, -0.1) is 0 Å². The molecule has 0 saturated carbocycles. The highest BCUT2D eigenvalue weighted by Gasteiger charge is 2.06. The molecule has 1 nitrogen and oxygen atoms in total. The van der Waals surface area contributed by atoms with Crippen LogP contribution < -0.4 is 0 Å². The highest BCUT2D eigenvalue weighted by molar-refractivity contribution is 4.60. The van der Waals surface area contributed by atoms with Crippen molar-refractivity contribution in [1.82, 2.24) is 0 Å². The Morgan fingerprint density at radius 2 is 1.73 bits per heavy atom. The molecule has 0 rings (SSSR count). The average molecular weight is 213 g/mol. The lowest BCUT2D eigenvalue weighted by atomic mass is 10.1. The van der Waals surface area contributed by atoms with Gasteiger partial charge in [0.15, 0.2) is 0 Å². The van der Waals surface area contributed by atoms with Crippen molar-refractivity contribution < 1.29 is 4.74 Å². The average Bonchev–Trinajstić information content (AvgIpc) is 2.22. The molecule has 0 aliphatic heterocycles. The Balaban J connectivity index is 3.36. The maximum absolute atomic E-state index is 5.80. The lowest BCUT2D eigenvalue weighted by Crippen LogP contribution is -2.15. The van der Waals surface area contributed by atoms with Crippen LogP contribution in [0.1, 0.15) is 65.7 Å². The SMILES string of the molecule is [CH2]CC(CCCCCCC)OCC(C)C. The van der Waals surface area contributed by atoms with Gasteiger partial charge in [-0.3, -0.25) is 0 Å². The van der Waals surface area contributed by atoms with Gasteiger partial charge in [0.2, 0.25) is 0 Å². The van der Waals surface area contributed by atoms with Crippen molar-refractivity contribution in [3.63, 3.8) is 0 Å². The summed E-state index contributed by atoms with van der Waals surface area (Å²) in [5.74, 6) is 0.638. The van der Waals surface area contributed by atoms with Crippen LogP contribution in [-0.2, 0) is 4.74 Å². The summed E-state index contributed by atoms with van der Waals surface area (Å²) in [7, 11) is 0. The van der Waals surface area contributed by atoms with Crippen molar-refractivity contribution in [3.05, 3.63) is 6.92 Å². The lowest BCUT2D eigenvalue weighted by Gasteiger charge is -2.17. The van der Waals surface area contributed by atoms with Crippen LogP contribution in [0.2, 0.25) is 0 Å². The molecule has 0 spiro atoms. The fourth-order valence-corrected chi connectivity index (χ4v) is 1.62. The van der Waals surface area contributed by atoms with Crippen molar-refractivity contribution in [2.45, 2.75) is 71.8 Å². The Morgan fingerprint density at radius 3 is 2.27 bits per heavy atom. The summed E-state index contributed by atoms with van der Waals surface area (Å²) in [6.07, 6.45) is 9.25. The number of hydrogen-bond acceptors (Lipinski definition) is 1. The van der Waals surface area contributed by atoms with E-state index in [2.05, 4.69) is 27.7 Å². The molecule has 0 aromatic carbocycles. The second kappa shape index (κ2) is 10.5. The van der Waals surface area contributed by atoms with Crippen LogP contribution in [0.25, 0.3) is 0 Å². The van der Waals surface area contributed by atoms with Crippen LogP contribution >= 0.6 is 0 Å². The largest absolute Gasteiger partial charge is 0.378 e. The van der Waals surface area contributed by atoms with Gasteiger partial charge in [-0.25, -0.2) is 0 Å². The second-order valence-corrected chi connectivity index (χ2v) is 4.84. The normalized spacial score (nSPS) is 13.4. The minimum Gasteiger partial charge on any atom is -0.378 e. The van der Waals surface area contributed by atoms with Gasteiger partial charge in [0.1, 0.15) is 0 Å². The smallest absolute Gasteiger partial charge is 0.0575 e. The van der Waals surface area contributed by atoms with Gasteiger partial charge in [-0.05, 0) is 18.8 Å². The van der Waals surface area contributed by atoms with Crippen molar-refractivity contribution in [2.24, 2.45) is 5.92 Å². The van der Waals surface area contributed by atoms with E-state index in [4.69, 9.17) is 4.74 Å². The summed E-state index contributed by atoms with van der Waals surface area (Å²) in [5.41, 5.74) is 0. The maximum atomic E-state index is 5.80. The van der Waals surface area contributed by atoms with Gasteiger partial charge >= 0.3 is 0 Å². The van der Waals surface area contributed by atoms with E-state index < -0.39 is 0 Å². The molecule has 1 radical (unpaired) electrons. The first-order chi connectivity index (χ1) is 7.20. The maximum Gasteiger partial charge on any atom is 0.0575 e. The van der Waals surface area contributed by atoms with E-state index in [0.717, 1.165) is 13.0 Å². The van der Waals surface area contributed by atoms with Gasteiger partial charge in [-0.1, -0.05) is 59.8 Å². The summed E-state index contributed by atoms with van der Waals surface area (Å²) in [4.78, 5) is 0. The number of hydrogen-bond donors (Lipinski definition) is 0. The van der Waals surface area contributed by atoms with Gasteiger partial charge in [-0.2, -0.15) is 0 Å². The minimum atomic E-state index is 0.397. The van der Waals surface area contributed by atoms with Crippen molar-refractivity contribution in [1.29, 1.82) is 0 Å². The third-order valence-corrected chi connectivity index (χ3v) is 2.62. The van der Waals surface area contributed by atoms with E-state index >= 15 is 0 Å². The molecule has 91 valence electrons. The first-order valence-electron chi connectivity index (χ1n) is 6.61. The fraction of sp³-hybridized carbons (Fsp3) is 0.929. The molecule has 0 aliphatic rings. The molecule has 0 saturated heterocycles. The van der Waals surface area contributed by atoms with E-state index in [1.54, 1.807) is 0 Å². The molecule has 0 fully saturated rings. The number of ether oxygens (including phenoxy) is 1. The Labute approximate surface area is 96.6 Å². The first-order valence-corrected chi connectivity index (χ1v) is 6.61. The van der Waals surface area contributed by atoms with Crippen LogP contribution in [0.15, 0.2) is 0 Å². The predicted octanol–water partition coefficient (Wildman–Crippen LogP) is 4.61. The fourth-order valence-electron chi connectivity index (χ4n) is 1.62.